The minimum absolute atomic E-state index is 0.299. The van der Waals surface area contributed by atoms with Gasteiger partial charge in [0.05, 0.1) is 10.7 Å². The van der Waals surface area contributed by atoms with Gasteiger partial charge in [0.25, 0.3) is 0 Å². The number of fused-ring (bicyclic) bond motifs is 2. The normalized spacial score (nSPS) is 14.5. The first kappa shape index (κ1) is 12.7. The summed E-state index contributed by atoms with van der Waals surface area (Å²) in [6.45, 7) is 2.83. The number of nitrogens with one attached hydrogen (secondary N) is 1. The van der Waals surface area contributed by atoms with Crippen molar-refractivity contribution >= 4 is 28.2 Å². The standard InChI is InChI=1S/C15H16ClFN2/c1-2-18-14-9-5-3-4-6-12(9)19-15-11(17)8-7-10(16)13(14)15/h7-8H,2-6H2,1H3,(H,18,19). The molecular formula is C15H16ClFN2. The molecule has 0 atom stereocenters. The highest BCUT2D eigenvalue weighted by atomic mass is 35.5. The molecule has 1 N–H and O–H groups in total. The van der Waals surface area contributed by atoms with Crippen LogP contribution in [0.5, 0.6) is 0 Å². The number of hydrogen-bond donors (Lipinski definition) is 1. The van der Waals surface area contributed by atoms with Crippen LogP contribution in [0.25, 0.3) is 10.9 Å². The van der Waals surface area contributed by atoms with Crippen LogP contribution in [-0.2, 0) is 12.8 Å². The van der Waals surface area contributed by atoms with Gasteiger partial charge in [0.2, 0.25) is 0 Å². The summed E-state index contributed by atoms with van der Waals surface area (Å²) in [5.74, 6) is -0.299. The molecule has 1 aliphatic carbocycles. The van der Waals surface area contributed by atoms with Crippen LogP contribution in [0, 0.1) is 5.82 Å². The van der Waals surface area contributed by atoms with Crippen molar-refractivity contribution in [1.29, 1.82) is 0 Å². The van der Waals surface area contributed by atoms with Crippen LogP contribution in [0.15, 0.2) is 12.1 Å². The zero-order valence-electron chi connectivity index (χ0n) is 10.9. The minimum atomic E-state index is -0.299. The lowest BCUT2D eigenvalue weighted by molar-refractivity contribution is 0.632. The monoisotopic (exact) mass is 278 g/mol. The predicted octanol–water partition coefficient (Wildman–Crippen LogP) is 4.34. The fourth-order valence-electron chi connectivity index (χ4n) is 2.83. The number of hydrogen-bond acceptors (Lipinski definition) is 2. The smallest absolute Gasteiger partial charge is 0.149 e. The largest absolute Gasteiger partial charge is 0.384 e. The van der Waals surface area contributed by atoms with E-state index in [4.69, 9.17) is 11.6 Å². The van der Waals surface area contributed by atoms with Gasteiger partial charge in [0.1, 0.15) is 11.3 Å². The van der Waals surface area contributed by atoms with Gasteiger partial charge in [-0.25, -0.2) is 9.37 Å². The molecular weight excluding hydrogens is 263 g/mol. The Labute approximate surface area is 117 Å². The van der Waals surface area contributed by atoms with Crippen molar-refractivity contribution in [3.63, 3.8) is 0 Å². The maximum absolute atomic E-state index is 14.0. The van der Waals surface area contributed by atoms with E-state index in [2.05, 4.69) is 10.3 Å². The van der Waals surface area contributed by atoms with E-state index in [1.165, 1.54) is 11.6 Å². The summed E-state index contributed by atoms with van der Waals surface area (Å²) in [5, 5.41) is 4.64. The Morgan fingerprint density at radius 2 is 2.11 bits per heavy atom. The summed E-state index contributed by atoms with van der Waals surface area (Å²) in [4.78, 5) is 4.52. The minimum Gasteiger partial charge on any atom is -0.384 e. The molecule has 0 saturated carbocycles. The molecule has 100 valence electrons. The van der Waals surface area contributed by atoms with E-state index in [0.717, 1.165) is 49.0 Å². The van der Waals surface area contributed by atoms with Gasteiger partial charge in [0.15, 0.2) is 0 Å². The van der Waals surface area contributed by atoms with Gasteiger partial charge >= 0.3 is 0 Å². The lowest BCUT2D eigenvalue weighted by Gasteiger charge is -2.22. The van der Waals surface area contributed by atoms with Crippen LogP contribution in [0.1, 0.15) is 31.0 Å². The maximum atomic E-state index is 14.0. The van der Waals surface area contributed by atoms with E-state index in [9.17, 15) is 4.39 Å². The quantitative estimate of drug-likeness (QED) is 0.884. The summed E-state index contributed by atoms with van der Waals surface area (Å²) in [7, 11) is 0. The second-order valence-corrected chi connectivity index (χ2v) is 5.31. The van der Waals surface area contributed by atoms with E-state index in [1.807, 2.05) is 6.92 Å². The molecule has 2 aromatic rings. The van der Waals surface area contributed by atoms with Gasteiger partial charge in [-0.15, -0.1) is 0 Å². The number of nitrogens with zero attached hydrogens (tertiary/aromatic N) is 1. The molecule has 3 rings (SSSR count). The maximum Gasteiger partial charge on any atom is 0.149 e. The molecule has 0 fully saturated rings. The Kier molecular flexibility index (Phi) is 3.31. The molecule has 0 amide bonds. The number of pyridine rings is 1. The highest BCUT2D eigenvalue weighted by Gasteiger charge is 2.20. The first-order valence-corrected chi connectivity index (χ1v) is 7.13. The van der Waals surface area contributed by atoms with Gasteiger partial charge in [-0.2, -0.15) is 0 Å². The fraction of sp³-hybridized carbons (Fsp3) is 0.400. The zero-order chi connectivity index (χ0) is 13.4. The fourth-order valence-corrected chi connectivity index (χ4v) is 3.08. The summed E-state index contributed by atoms with van der Waals surface area (Å²) in [5.41, 5.74) is 3.61. The highest BCUT2D eigenvalue weighted by Crippen LogP contribution is 2.37. The van der Waals surface area contributed by atoms with Crippen molar-refractivity contribution in [3.8, 4) is 0 Å². The lowest BCUT2D eigenvalue weighted by Crippen LogP contribution is -2.12. The molecule has 0 spiro atoms. The van der Waals surface area contributed by atoms with E-state index in [1.54, 1.807) is 6.07 Å². The van der Waals surface area contributed by atoms with Crippen LogP contribution < -0.4 is 5.32 Å². The van der Waals surface area contributed by atoms with Crippen LogP contribution >= 0.6 is 11.6 Å². The third-order valence-electron chi connectivity index (χ3n) is 3.67. The topological polar surface area (TPSA) is 24.9 Å². The first-order valence-electron chi connectivity index (χ1n) is 6.75. The zero-order valence-corrected chi connectivity index (χ0v) is 11.6. The summed E-state index contributed by atoms with van der Waals surface area (Å²) in [6, 6.07) is 3.00. The number of aromatic nitrogens is 1. The van der Waals surface area contributed by atoms with Crippen LogP contribution in [0.2, 0.25) is 5.02 Å². The van der Waals surface area contributed by atoms with Gasteiger partial charge in [-0.1, -0.05) is 11.6 Å². The van der Waals surface area contributed by atoms with Crippen LogP contribution in [0.3, 0.4) is 0 Å². The molecule has 2 nitrogen and oxygen atoms in total. The molecule has 4 heteroatoms. The number of halogens is 2. The molecule has 0 aliphatic heterocycles. The van der Waals surface area contributed by atoms with Gasteiger partial charge in [-0.3, -0.25) is 0 Å². The second kappa shape index (κ2) is 4.97. The van der Waals surface area contributed by atoms with E-state index >= 15 is 0 Å². The first-order chi connectivity index (χ1) is 9.22. The van der Waals surface area contributed by atoms with Gasteiger partial charge in [-0.05, 0) is 50.3 Å². The van der Waals surface area contributed by atoms with Crippen molar-refractivity contribution in [2.24, 2.45) is 0 Å². The second-order valence-electron chi connectivity index (χ2n) is 4.90. The van der Waals surface area contributed by atoms with Gasteiger partial charge < -0.3 is 5.32 Å². The van der Waals surface area contributed by atoms with E-state index in [0.29, 0.717) is 10.5 Å². The SMILES string of the molecule is CCNc1c2c(nc3c(F)ccc(Cl)c13)CCCC2. The Morgan fingerprint density at radius 1 is 1.32 bits per heavy atom. The number of anilines is 1. The molecule has 0 unspecified atom stereocenters. The van der Waals surface area contributed by atoms with Crippen molar-refractivity contribution in [2.75, 3.05) is 11.9 Å². The third kappa shape index (κ3) is 2.06. The number of rotatable bonds is 2. The van der Waals surface area contributed by atoms with Crippen molar-refractivity contribution in [2.45, 2.75) is 32.6 Å². The Bertz CT molecular complexity index is 640. The predicted molar refractivity (Wildman–Crippen MR) is 77.5 cm³/mol. The van der Waals surface area contributed by atoms with Crippen molar-refractivity contribution in [3.05, 3.63) is 34.2 Å². The number of benzene rings is 1. The Morgan fingerprint density at radius 3 is 2.89 bits per heavy atom. The Balaban J connectivity index is 2.39. The van der Waals surface area contributed by atoms with Crippen molar-refractivity contribution < 1.29 is 4.39 Å². The molecule has 1 heterocycles. The molecule has 0 radical (unpaired) electrons. The van der Waals surface area contributed by atoms with Crippen LogP contribution in [0.4, 0.5) is 10.1 Å². The summed E-state index contributed by atoms with van der Waals surface area (Å²) < 4.78 is 14.0. The molecule has 1 aromatic heterocycles. The Hall–Kier alpha value is -1.35. The highest BCUT2D eigenvalue weighted by molar-refractivity contribution is 6.36. The van der Waals surface area contributed by atoms with E-state index < -0.39 is 0 Å². The molecule has 1 aromatic carbocycles. The van der Waals surface area contributed by atoms with Crippen LogP contribution in [-0.4, -0.2) is 11.5 Å². The molecule has 1 aliphatic rings. The lowest BCUT2D eigenvalue weighted by atomic mass is 9.92. The van der Waals surface area contributed by atoms with Crippen molar-refractivity contribution in [1.82, 2.24) is 4.98 Å². The number of aryl methyl sites for hydroxylation is 1. The average molecular weight is 279 g/mol. The van der Waals surface area contributed by atoms with Gasteiger partial charge in [0, 0.05) is 17.6 Å². The molecule has 0 bridgehead atoms. The van der Waals surface area contributed by atoms with E-state index in [-0.39, 0.29) is 5.82 Å². The molecule has 0 saturated heterocycles. The molecule has 19 heavy (non-hydrogen) atoms. The third-order valence-corrected chi connectivity index (χ3v) is 3.98. The average Bonchev–Trinajstić information content (AvgIpc) is 2.43. The summed E-state index contributed by atoms with van der Waals surface area (Å²) in [6.07, 6.45) is 4.20. The summed E-state index contributed by atoms with van der Waals surface area (Å²) >= 11 is 6.27.